The van der Waals surface area contributed by atoms with Crippen molar-refractivity contribution in [2.45, 2.75) is 6.42 Å². The standard InChI is InChI=1S/C29H31FN6O5/c1-19(41-28(30)38)27(37)33-22-7-4-6-21(16-22)32-26-25(20-10-13-39-14-11-20)18-31-29(35-26)34-23-8-5-9-24(17-23)40-15-12-36(2)3/h4-10,16-18H,1,11-15H2,2-3H3,(H,33,37)(H2,31,32,34,35). The van der Waals surface area contributed by atoms with Gasteiger partial charge < -0.3 is 35.1 Å². The molecule has 0 spiro atoms. The molecule has 0 bridgehead atoms. The SMILES string of the molecule is C=C(OC(=O)F)C(=O)Nc1cccc(Nc2nc(Nc3cccc(OCCN(C)C)c3)ncc2C2=CCOCC2)c1. The molecule has 12 heteroatoms. The smallest absolute Gasteiger partial charge is 0.492 e. The van der Waals surface area contributed by atoms with Crippen LogP contribution in [0.4, 0.5) is 38.0 Å². The quantitative estimate of drug-likeness (QED) is 0.153. The number of carbonyl (C=O) groups excluding carboxylic acids is 2. The van der Waals surface area contributed by atoms with Gasteiger partial charge in [-0.2, -0.15) is 4.98 Å². The van der Waals surface area contributed by atoms with Crippen molar-refractivity contribution in [1.82, 2.24) is 14.9 Å². The third-order valence-electron chi connectivity index (χ3n) is 5.84. The van der Waals surface area contributed by atoms with Crippen molar-refractivity contribution >= 4 is 46.5 Å². The van der Waals surface area contributed by atoms with E-state index in [4.69, 9.17) is 14.5 Å². The van der Waals surface area contributed by atoms with Crippen LogP contribution in [0.2, 0.25) is 0 Å². The van der Waals surface area contributed by atoms with E-state index in [1.54, 1.807) is 30.5 Å². The zero-order chi connectivity index (χ0) is 29.2. The van der Waals surface area contributed by atoms with E-state index in [0.717, 1.165) is 29.1 Å². The Morgan fingerprint density at radius 1 is 1.10 bits per heavy atom. The van der Waals surface area contributed by atoms with E-state index >= 15 is 0 Å². The maximum atomic E-state index is 12.5. The Kier molecular flexibility index (Phi) is 9.97. The van der Waals surface area contributed by atoms with Gasteiger partial charge in [0.25, 0.3) is 5.91 Å². The highest BCUT2D eigenvalue weighted by molar-refractivity contribution is 6.03. The molecule has 0 atom stereocenters. The van der Waals surface area contributed by atoms with Crippen molar-refractivity contribution in [1.29, 1.82) is 0 Å². The molecule has 1 aliphatic rings. The van der Waals surface area contributed by atoms with Gasteiger partial charge in [-0.05, 0) is 63.0 Å². The summed E-state index contributed by atoms with van der Waals surface area (Å²) in [5.74, 6) is 0.101. The molecule has 1 aliphatic heterocycles. The summed E-state index contributed by atoms with van der Waals surface area (Å²) in [5, 5.41) is 9.04. The van der Waals surface area contributed by atoms with Crippen molar-refractivity contribution < 1.29 is 28.2 Å². The van der Waals surface area contributed by atoms with E-state index in [1.165, 1.54) is 0 Å². The van der Waals surface area contributed by atoms with E-state index in [0.29, 0.717) is 49.4 Å². The lowest BCUT2D eigenvalue weighted by molar-refractivity contribution is -0.115. The zero-order valence-electron chi connectivity index (χ0n) is 22.8. The molecule has 214 valence electrons. The predicted molar refractivity (Wildman–Crippen MR) is 154 cm³/mol. The minimum absolute atomic E-state index is 0.362. The molecule has 2 heterocycles. The van der Waals surface area contributed by atoms with Gasteiger partial charge >= 0.3 is 6.22 Å². The van der Waals surface area contributed by atoms with Crippen LogP contribution in [0.3, 0.4) is 0 Å². The first-order chi connectivity index (χ1) is 19.8. The maximum absolute atomic E-state index is 12.5. The lowest BCUT2D eigenvalue weighted by Gasteiger charge is -2.18. The summed E-state index contributed by atoms with van der Waals surface area (Å²) in [5.41, 5.74) is 3.56. The van der Waals surface area contributed by atoms with E-state index in [9.17, 15) is 14.0 Å². The predicted octanol–water partition coefficient (Wildman–Crippen LogP) is 5.27. The topological polar surface area (TPSA) is 127 Å². The molecule has 0 radical (unpaired) electrons. The van der Waals surface area contributed by atoms with Crippen molar-refractivity contribution in [2.75, 3.05) is 56.4 Å². The molecule has 0 saturated carbocycles. The lowest BCUT2D eigenvalue weighted by Crippen LogP contribution is -2.19. The molecule has 2 aromatic carbocycles. The van der Waals surface area contributed by atoms with Crippen LogP contribution in [-0.4, -0.2) is 67.5 Å². The number of likely N-dealkylation sites (N-methyl/N-ethyl adjacent to an activating group) is 1. The average molecular weight is 563 g/mol. The first-order valence-electron chi connectivity index (χ1n) is 12.8. The van der Waals surface area contributed by atoms with Gasteiger partial charge in [-0.1, -0.05) is 18.2 Å². The normalized spacial score (nSPS) is 12.7. The maximum Gasteiger partial charge on any atom is 0.501 e. The number of nitrogens with one attached hydrogen (secondary N) is 3. The number of benzene rings is 2. The summed E-state index contributed by atoms with van der Waals surface area (Å²) in [6.07, 6.45) is 2.31. The Bertz CT molecular complexity index is 1440. The third kappa shape index (κ3) is 8.85. The monoisotopic (exact) mass is 562 g/mol. The van der Waals surface area contributed by atoms with Gasteiger partial charge in [-0.3, -0.25) is 4.79 Å². The molecule has 41 heavy (non-hydrogen) atoms. The summed E-state index contributed by atoms with van der Waals surface area (Å²) in [6.45, 7) is 5.68. The van der Waals surface area contributed by atoms with Gasteiger partial charge in [0.1, 0.15) is 18.2 Å². The van der Waals surface area contributed by atoms with Gasteiger partial charge in [0.2, 0.25) is 5.95 Å². The molecular weight excluding hydrogens is 531 g/mol. The largest absolute Gasteiger partial charge is 0.501 e. The number of amides is 1. The molecule has 0 aliphatic carbocycles. The van der Waals surface area contributed by atoms with Crippen molar-refractivity contribution in [3.63, 3.8) is 0 Å². The van der Waals surface area contributed by atoms with E-state index in [1.807, 2.05) is 49.3 Å². The minimum Gasteiger partial charge on any atom is -0.492 e. The third-order valence-corrected chi connectivity index (χ3v) is 5.84. The van der Waals surface area contributed by atoms with Crippen molar-refractivity contribution in [2.24, 2.45) is 0 Å². The molecule has 0 unspecified atom stereocenters. The van der Waals surface area contributed by atoms with Gasteiger partial charge in [-0.25, -0.2) is 9.78 Å². The highest BCUT2D eigenvalue weighted by Crippen LogP contribution is 2.31. The summed E-state index contributed by atoms with van der Waals surface area (Å²) in [4.78, 5) is 34.0. The fourth-order valence-electron chi connectivity index (χ4n) is 3.84. The fourth-order valence-corrected chi connectivity index (χ4v) is 3.84. The minimum atomic E-state index is -2.12. The van der Waals surface area contributed by atoms with Crippen LogP contribution in [-0.2, 0) is 14.3 Å². The number of hydrogen-bond acceptors (Lipinski definition) is 10. The van der Waals surface area contributed by atoms with Crippen molar-refractivity contribution in [3.8, 4) is 5.75 Å². The number of aromatic nitrogens is 2. The molecule has 0 saturated heterocycles. The highest BCUT2D eigenvalue weighted by Gasteiger charge is 2.16. The van der Waals surface area contributed by atoms with Crippen molar-refractivity contribution in [3.05, 3.63) is 78.7 Å². The fraction of sp³-hybridized carbons (Fsp3) is 0.241. The number of rotatable bonds is 12. The molecule has 0 fully saturated rings. The molecule has 1 aromatic heterocycles. The molecule has 1 amide bonds. The van der Waals surface area contributed by atoms with Gasteiger partial charge in [-0.15, -0.1) is 4.39 Å². The molecule has 11 nitrogen and oxygen atoms in total. The summed E-state index contributed by atoms with van der Waals surface area (Å²) in [7, 11) is 3.97. The number of halogens is 1. The second-order valence-corrected chi connectivity index (χ2v) is 9.24. The van der Waals surface area contributed by atoms with Crippen LogP contribution in [0.25, 0.3) is 5.57 Å². The second-order valence-electron chi connectivity index (χ2n) is 9.24. The molecular formula is C29H31FN6O5. The van der Waals surface area contributed by atoms with Crippen LogP contribution in [0.5, 0.6) is 5.75 Å². The summed E-state index contributed by atoms with van der Waals surface area (Å²) >= 11 is 0. The van der Waals surface area contributed by atoms with Crippen LogP contribution in [0.1, 0.15) is 12.0 Å². The highest BCUT2D eigenvalue weighted by atomic mass is 19.1. The number of carbonyl (C=O) groups is 2. The Labute approximate surface area is 237 Å². The number of nitrogens with zero attached hydrogens (tertiary/aromatic N) is 3. The van der Waals surface area contributed by atoms with Gasteiger partial charge in [0.05, 0.1) is 13.2 Å². The first-order valence-corrected chi connectivity index (χ1v) is 12.8. The van der Waals surface area contributed by atoms with Crippen LogP contribution in [0, 0.1) is 0 Å². The Balaban J connectivity index is 1.55. The molecule has 3 aromatic rings. The molecule has 3 N–H and O–H groups in total. The molecule has 4 rings (SSSR count). The van der Waals surface area contributed by atoms with E-state index in [-0.39, 0.29) is 0 Å². The number of anilines is 5. The summed E-state index contributed by atoms with van der Waals surface area (Å²) in [6, 6.07) is 14.3. The van der Waals surface area contributed by atoms with Gasteiger partial charge in [0.15, 0.2) is 5.76 Å². The van der Waals surface area contributed by atoms with E-state index < -0.39 is 17.9 Å². The Hall–Kier alpha value is -4.81. The Morgan fingerprint density at radius 2 is 1.85 bits per heavy atom. The zero-order valence-corrected chi connectivity index (χ0v) is 22.8. The average Bonchev–Trinajstić information content (AvgIpc) is 2.93. The first kappa shape index (κ1) is 29.2. The Morgan fingerprint density at radius 3 is 2.59 bits per heavy atom. The lowest BCUT2D eigenvalue weighted by atomic mass is 10.0. The van der Waals surface area contributed by atoms with Gasteiger partial charge in [0, 0.05) is 41.4 Å². The van der Waals surface area contributed by atoms with Crippen LogP contribution in [0.15, 0.2) is 73.1 Å². The summed E-state index contributed by atoms with van der Waals surface area (Å²) < 4.78 is 27.9. The van der Waals surface area contributed by atoms with Crippen LogP contribution >= 0.6 is 0 Å². The van der Waals surface area contributed by atoms with Crippen LogP contribution < -0.4 is 20.7 Å². The second kappa shape index (κ2) is 14.0. The number of hydrogen-bond donors (Lipinski definition) is 3. The number of ether oxygens (including phenoxy) is 3. The van der Waals surface area contributed by atoms with E-state index in [2.05, 4.69) is 32.3 Å².